The Morgan fingerprint density at radius 3 is 1.69 bits per heavy atom. The highest BCUT2D eigenvalue weighted by atomic mass is 16.4. The van der Waals surface area contributed by atoms with Crippen molar-refractivity contribution in [1.82, 2.24) is 0 Å². The molecule has 0 saturated carbocycles. The molecule has 0 aromatic rings. The van der Waals surface area contributed by atoms with Crippen LogP contribution in [0.4, 0.5) is 0 Å². The Morgan fingerprint density at radius 2 is 1.69 bits per heavy atom. The Kier molecular flexibility index (Phi) is 8.74. The molecule has 0 unspecified atom stereocenters. The molecule has 0 aliphatic rings. The van der Waals surface area contributed by atoms with Crippen LogP contribution < -0.4 is 0 Å². The van der Waals surface area contributed by atoms with Gasteiger partial charge in [-0.1, -0.05) is 19.9 Å². The summed E-state index contributed by atoms with van der Waals surface area (Å²) in [5.41, 5.74) is -0.306. The molecule has 0 aromatic heterocycles. The lowest BCUT2D eigenvalue weighted by Gasteiger charge is -2.16. The van der Waals surface area contributed by atoms with Gasteiger partial charge in [-0.3, -0.25) is 0 Å². The lowest BCUT2D eigenvalue weighted by molar-refractivity contribution is -0.131. The van der Waals surface area contributed by atoms with Crippen molar-refractivity contribution < 1.29 is 20.1 Å². The van der Waals surface area contributed by atoms with Crippen LogP contribution >= 0.6 is 0 Å². The molecule has 0 aliphatic carbocycles. The number of hydrogen-bond acceptors (Lipinski definition) is 3. The van der Waals surface area contributed by atoms with E-state index < -0.39 is 5.97 Å². The molecule has 4 nitrogen and oxygen atoms in total. The van der Waals surface area contributed by atoms with Crippen molar-refractivity contribution in [3.05, 3.63) is 12.2 Å². The average Bonchev–Trinajstić information content (AvgIpc) is 2.05. The Bertz CT molecular complexity index is 155. The van der Waals surface area contributed by atoms with E-state index >= 15 is 0 Å². The van der Waals surface area contributed by atoms with Gasteiger partial charge in [-0.15, -0.1) is 0 Å². The van der Waals surface area contributed by atoms with Crippen LogP contribution in [0, 0.1) is 5.41 Å². The second-order valence-electron chi connectivity index (χ2n) is 3.32. The number of aliphatic carboxylic acids is 1. The quantitative estimate of drug-likeness (QED) is 0.571. The summed E-state index contributed by atoms with van der Waals surface area (Å²) in [5.74, 6) is -0.891. The molecule has 0 aromatic carbocycles. The fourth-order valence-electron chi connectivity index (χ4n) is 0.193. The van der Waals surface area contributed by atoms with Crippen LogP contribution in [0.5, 0.6) is 0 Å². The highest BCUT2D eigenvalue weighted by molar-refractivity contribution is 5.79. The number of aliphatic hydroxyl groups excluding tert-OH is 2. The molecule has 78 valence electrons. The minimum absolute atomic E-state index is 0.0451. The SMILES string of the molecule is CC(C)(CO)CO.CC=CC(=O)O. The zero-order valence-corrected chi connectivity index (χ0v) is 8.32. The van der Waals surface area contributed by atoms with Gasteiger partial charge in [0.25, 0.3) is 0 Å². The van der Waals surface area contributed by atoms with Crippen molar-refractivity contribution in [3.63, 3.8) is 0 Å². The van der Waals surface area contributed by atoms with Crippen LogP contribution in [0.3, 0.4) is 0 Å². The molecule has 0 fully saturated rings. The molecule has 0 rings (SSSR count). The summed E-state index contributed by atoms with van der Waals surface area (Å²) < 4.78 is 0. The molecule has 0 saturated heterocycles. The monoisotopic (exact) mass is 190 g/mol. The third kappa shape index (κ3) is 14.0. The second kappa shape index (κ2) is 7.76. The summed E-state index contributed by atoms with van der Waals surface area (Å²) in [7, 11) is 0. The summed E-state index contributed by atoms with van der Waals surface area (Å²) in [5, 5.41) is 24.7. The van der Waals surface area contributed by atoms with Gasteiger partial charge in [0.05, 0.1) is 13.2 Å². The van der Waals surface area contributed by atoms with E-state index in [0.29, 0.717) is 0 Å². The van der Waals surface area contributed by atoms with E-state index in [-0.39, 0.29) is 18.6 Å². The number of aliphatic hydroxyl groups is 2. The molecule has 0 aliphatic heterocycles. The topological polar surface area (TPSA) is 77.8 Å². The van der Waals surface area contributed by atoms with Crippen LogP contribution in [-0.4, -0.2) is 34.5 Å². The van der Waals surface area contributed by atoms with Gasteiger partial charge in [0.2, 0.25) is 0 Å². The summed E-state index contributed by atoms with van der Waals surface area (Å²) >= 11 is 0. The Morgan fingerprint density at radius 1 is 1.31 bits per heavy atom. The number of allylic oxidation sites excluding steroid dienone is 1. The van der Waals surface area contributed by atoms with Gasteiger partial charge < -0.3 is 15.3 Å². The summed E-state index contributed by atoms with van der Waals surface area (Å²) in [6, 6.07) is 0. The highest BCUT2D eigenvalue weighted by Gasteiger charge is 2.13. The molecule has 0 bridgehead atoms. The van der Waals surface area contributed by atoms with E-state index in [4.69, 9.17) is 15.3 Å². The third-order valence-corrected chi connectivity index (χ3v) is 1.17. The zero-order chi connectivity index (χ0) is 10.9. The predicted molar refractivity (Wildman–Crippen MR) is 50.4 cm³/mol. The average molecular weight is 190 g/mol. The largest absolute Gasteiger partial charge is 0.478 e. The normalized spacial score (nSPS) is 10.8. The molecule has 4 heteroatoms. The first-order valence-electron chi connectivity index (χ1n) is 3.97. The summed E-state index contributed by atoms with van der Waals surface area (Å²) in [6.45, 7) is 5.35. The van der Waals surface area contributed by atoms with E-state index in [9.17, 15) is 4.79 Å². The van der Waals surface area contributed by atoms with E-state index in [0.717, 1.165) is 6.08 Å². The van der Waals surface area contributed by atoms with Crippen LogP contribution in [0.15, 0.2) is 12.2 Å². The lowest BCUT2D eigenvalue weighted by atomic mass is 9.97. The van der Waals surface area contributed by atoms with Gasteiger partial charge in [0.1, 0.15) is 0 Å². The second-order valence-corrected chi connectivity index (χ2v) is 3.32. The molecule has 13 heavy (non-hydrogen) atoms. The van der Waals surface area contributed by atoms with E-state index in [1.165, 1.54) is 6.08 Å². The predicted octanol–water partition coefficient (Wildman–Crippen LogP) is 0.644. The van der Waals surface area contributed by atoms with Gasteiger partial charge in [-0.2, -0.15) is 0 Å². The van der Waals surface area contributed by atoms with Gasteiger partial charge in [0, 0.05) is 11.5 Å². The molecule has 0 spiro atoms. The number of carbonyl (C=O) groups is 1. The molecular formula is C9H18O4. The van der Waals surface area contributed by atoms with Crippen molar-refractivity contribution in [2.75, 3.05) is 13.2 Å². The molecular weight excluding hydrogens is 172 g/mol. The first-order valence-corrected chi connectivity index (χ1v) is 3.97. The van der Waals surface area contributed by atoms with E-state index in [1.807, 2.05) is 0 Å². The fraction of sp³-hybridized carbons (Fsp3) is 0.667. The number of rotatable bonds is 3. The van der Waals surface area contributed by atoms with E-state index in [2.05, 4.69) is 0 Å². The van der Waals surface area contributed by atoms with Crippen LogP contribution in [0.25, 0.3) is 0 Å². The van der Waals surface area contributed by atoms with Crippen LogP contribution in [-0.2, 0) is 4.79 Å². The Hall–Kier alpha value is -0.870. The molecule has 0 atom stereocenters. The smallest absolute Gasteiger partial charge is 0.327 e. The van der Waals surface area contributed by atoms with Gasteiger partial charge in [-0.25, -0.2) is 4.79 Å². The highest BCUT2D eigenvalue weighted by Crippen LogP contribution is 2.10. The molecule has 0 radical (unpaired) electrons. The maximum absolute atomic E-state index is 9.51. The summed E-state index contributed by atoms with van der Waals surface area (Å²) in [6.07, 6.45) is 2.56. The minimum Gasteiger partial charge on any atom is -0.478 e. The number of hydrogen-bond donors (Lipinski definition) is 3. The Balaban J connectivity index is 0. The maximum Gasteiger partial charge on any atom is 0.327 e. The standard InChI is InChI=1S/C5H12O2.C4H6O2/c1-5(2,3-6)4-7;1-2-3-4(5)6/h6-7H,3-4H2,1-2H3;2-3H,1H3,(H,5,6). The van der Waals surface area contributed by atoms with Crippen molar-refractivity contribution in [1.29, 1.82) is 0 Å². The van der Waals surface area contributed by atoms with E-state index in [1.54, 1.807) is 20.8 Å². The van der Waals surface area contributed by atoms with Crippen molar-refractivity contribution >= 4 is 5.97 Å². The van der Waals surface area contributed by atoms with Gasteiger partial charge >= 0.3 is 5.97 Å². The first kappa shape index (κ1) is 14.6. The van der Waals surface area contributed by atoms with Crippen LogP contribution in [0.1, 0.15) is 20.8 Å². The van der Waals surface area contributed by atoms with Crippen molar-refractivity contribution in [2.45, 2.75) is 20.8 Å². The number of carboxylic acids is 1. The molecule has 0 amide bonds. The number of carboxylic acid groups (broad SMARTS) is 1. The summed E-state index contributed by atoms with van der Waals surface area (Å²) in [4.78, 5) is 9.51. The zero-order valence-electron chi connectivity index (χ0n) is 8.32. The molecule has 0 heterocycles. The molecule has 3 N–H and O–H groups in total. The fourth-order valence-corrected chi connectivity index (χ4v) is 0.193. The van der Waals surface area contributed by atoms with Crippen molar-refractivity contribution in [3.8, 4) is 0 Å². The van der Waals surface area contributed by atoms with Gasteiger partial charge in [0.15, 0.2) is 0 Å². The van der Waals surface area contributed by atoms with Crippen LogP contribution in [0.2, 0.25) is 0 Å². The lowest BCUT2D eigenvalue weighted by Crippen LogP contribution is -2.20. The third-order valence-electron chi connectivity index (χ3n) is 1.17. The Labute approximate surface area is 78.5 Å². The minimum atomic E-state index is -0.891. The maximum atomic E-state index is 9.51. The van der Waals surface area contributed by atoms with Crippen molar-refractivity contribution in [2.24, 2.45) is 5.41 Å². The first-order chi connectivity index (χ1) is 5.89. The van der Waals surface area contributed by atoms with Gasteiger partial charge in [-0.05, 0) is 6.92 Å².